The molecule has 100 valence electrons. The van der Waals surface area contributed by atoms with Crippen molar-refractivity contribution in [3.8, 4) is 0 Å². The van der Waals surface area contributed by atoms with E-state index in [0.29, 0.717) is 12.0 Å². The Morgan fingerprint density at radius 3 is 3.06 bits per heavy atom. The summed E-state index contributed by atoms with van der Waals surface area (Å²) in [4.78, 5) is 0. The molecule has 2 rings (SSSR count). The zero-order valence-corrected chi connectivity index (χ0v) is 11.1. The summed E-state index contributed by atoms with van der Waals surface area (Å²) in [7, 11) is 0. The highest BCUT2D eigenvalue weighted by atomic mass is 16.5. The third-order valence-corrected chi connectivity index (χ3v) is 3.74. The van der Waals surface area contributed by atoms with Crippen LogP contribution in [0.15, 0.2) is 24.3 Å². The van der Waals surface area contributed by atoms with Crippen LogP contribution in [-0.4, -0.2) is 24.9 Å². The van der Waals surface area contributed by atoms with Crippen molar-refractivity contribution in [2.24, 2.45) is 5.92 Å². The molecule has 0 bridgehead atoms. The fourth-order valence-electron chi connectivity index (χ4n) is 2.49. The lowest BCUT2D eigenvalue weighted by Crippen LogP contribution is -2.33. The van der Waals surface area contributed by atoms with E-state index in [1.165, 1.54) is 11.1 Å². The zero-order chi connectivity index (χ0) is 12.8. The van der Waals surface area contributed by atoms with Crippen molar-refractivity contribution >= 4 is 0 Å². The minimum Gasteiger partial charge on any atom is -0.396 e. The monoisotopic (exact) mass is 249 g/mol. The third-order valence-electron chi connectivity index (χ3n) is 3.74. The molecule has 0 amide bonds. The summed E-state index contributed by atoms with van der Waals surface area (Å²) in [5, 5.41) is 12.6. The van der Waals surface area contributed by atoms with Crippen LogP contribution < -0.4 is 5.32 Å². The van der Waals surface area contributed by atoms with Gasteiger partial charge in [0.1, 0.15) is 0 Å². The van der Waals surface area contributed by atoms with Gasteiger partial charge >= 0.3 is 0 Å². The lowest BCUT2D eigenvalue weighted by atomic mass is 9.97. The molecule has 18 heavy (non-hydrogen) atoms. The Morgan fingerprint density at radius 1 is 1.44 bits per heavy atom. The van der Waals surface area contributed by atoms with Crippen LogP contribution in [-0.2, 0) is 11.3 Å². The maximum atomic E-state index is 9.01. The molecule has 1 aliphatic rings. The Labute approximate surface area is 109 Å². The van der Waals surface area contributed by atoms with Crippen molar-refractivity contribution in [1.82, 2.24) is 5.32 Å². The summed E-state index contributed by atoms with van der Waals surface area (Å²) in [5.41, 5.74) is 2.65. The molecule has 1 aromatic carbocycles. The van der Waals surface area contributed by atoms with Crippen LogP contribution in [0, 0.1) is 5.92 Å². The molecule has 0 radical (unpaired) electrons. The summed E-state index contributed by atoms with van der Waals surface area (Å²) in [6.07, 6.45) is 1.97. The van der Waals surface area contributed by atoms with E-state index in [2.05, 4.69) is 36.5 Å². The predicted octanol–water partition coefficient (Wildman–Crippen LogP) is 2.26. The number of nitrogens with one attached hydrogen (secondary N) is 1. The molecule has 0 aromatic heterocycles. The molecular weight excluding hydrogens is 226 g/mol. The molecule has 0 saturated heterocycles. The molecule has 0 spiro atoms. The third kappa shape index (κ3) is 3.31. The molecule has 3 heteroatoms. The van der Waals surface area contributed by atoms with Gasteiger partial charge in [-0.15, -0.1) is 0 Å². The standard InChI is InChI=1S/C15H23NO2/c1-2-12(7-8-17)9-16-15-11-18-10-13-5-3-4-6-14(13)15/h3-6,12,15-17H,2,7-11H2,1H3. The minimum atomic E-state index is 0.276. The van der Waals surface area contributed by atoms with Gasteiger partial charge in [0.25, 0.3) is 0 Å². The van der Waals surface area contributed by atoms with Crippen LogP contribution in [0.25, 0.3) is 0 Å². The minimum absolute atomic E-state index is 0.276. The van der Waals surface area contributed by atoms with E-state index < -0.39 is 0 Å². The fourth-order valence-corrected chi connectivity index (χ4v) is 2.49. The van der Waals surface area contributed by atoms with Crippen LogP contribution >= 0.6 is 0 Å². The van der Waals surface area contributed by atoms with Crippen LogP contribution in [0.4, 0.5) is 0 Å². The van der Waals surface area contributed by atoms with Gasteiger partial charge in [-0.2, -0.15) is 0 Å². The number of aliphatic hydroxyl groups is 1. The van der Waals surface area contributed by atoms with E-state index in [1.54, 1.807) is 0 Å². The Hall–Kier alpha value is -0.900. The molecule has 0 saturated carbocycles. The van der Waals surface area contributed by atoms with Gasteiger partial charge < -0.3 is 15.2 Å². The van der Waals surface area contributed by atoms with E-state index in [9.17, 15) is 0 Å². The number of fused-ring (bicyclic) bond motifs is 1. The lowest BCUT2D eigenvalue weighted by Gasteiger charge is -2.28. The van der Waals surface area contributed by atoms with Gasteiger partial charge in [0.15, 0.2) is 0 Å². The highest BCUT2D eigenvalue weighted by Gasteiger charge is 2.20. The largest absolute Gasteiger partial charge is 0.396 e. The van der Waals surface area contributed by atoms with Gasteiger partial charge in [-0.05, 0) is 30.0 Å². The number of aliphatic hydroxyl groups excluding tert-OH is 1. The van der Waals surface area contributed by atoms with Crippen molar-refractivity contribution in [2.45, 2.75) is 32.4 Å². The maximum Gasteiger partial charge on any atom is 0.0721 e. The number of ether oxygens (including phenoxy) is 1. The summed E-state index contributed by atoms with van der Waals surface area (Å²) < 4.78 is 5.62. The van der Waals surface area contributed by atoms with Gasteiger partial charge in [0.05, 0.1) is 19.3 Å². The van der Waals surface area contributed by atoms with Crippen molar-refractivity contribution < 1.29 is 9.84 Å². The van der Waals surface area contributed by atoms with E-state index >= 15 is 0 Å². The molecular formula is C15H23NO2. The SMILES string of the molecule is CCC(CCO)CNC1COCc2ccccc21. The van der Waals surface area contributed by atoms with Crippen LogP contribution in [0.2, 0.25) is 0 Å². The topological polar surface area (TPSA) is 41.5 Å². The lowest BCUT2D eigenvalue weighted by molar-refractivity contribution is 0.0802. The van der Waals surface area contributed by atoms with Gasteiger partial charge in [0, 0.05) is 6.61 Å². The first kappa shape index (κ1) is 13.5. The van der Waals surface area contributed by atoms with Crippen LogP contribution in [0.5, 0.6) is 0 Å². The second-order valence-electron chi connectivity index (χ2n) is 4.96. The number of hydrogen-bond donors (Lipinski definition) is 2. The molecule has 0 fully saturated rings. The normalized spacial score (nSPS) is 20.4. The maximum absolute atomic E-state index is 9.01. The molecule has 3 nitrogen and oxygen atoms in total. The number of hydrogen-bond acceptors (Lipinski definition) is 3. The molecule has 2 atom stereocenters. The molecule has 1 aliphatic heterocycles. The van der Waals surface area contributed by atoms with E-state index in [1.807, 2.05) is 0 Å². The Bertz CT molecular complexity index is 367. The molecule has 2 unspecified atom stereocenters. The number of benzene rings is 1. The van der Waals surface area contributed by atoms with Crippen molar-refractivity contribution in [3.63, 3.8) is 0 Å². The number of rotatable bonds is 6. The van der Waals surface area contributed by atoms with Crippen LogP contribution in [0.3, 0.4) is 0 Å². The summed E-state index contributed by atoms with van der Waals surface area (Å²) >= 11 is 0. The molecule has 0 aliphatic carbocycles. The average molecular weight is 249 g/mol. The first-order chi connectivity index (χ1) is 8.85. The summed E-state index contributed by atoms with van der Waals surface area (Å²) in [6, 6.07) is 8.76. The Kier molecular flexibility index (Phi) is 5.17. The fraction of sp³-hybridized carbons (Fsp3) is 0.600. The zero-order valence-electron chi connectivity index (χ0n) is 11.1. The van der Waals surface area contributed by atoms with E-state index in [-0.39, 0.29) is 6.61 Å². The molecule has 2 N–H and O–H groups in total. The van der Waals surface area contributed by atoms with Gasteiger partial charge in [0.2, 0.25) is 0 Å². The summed E-state index contributed by atoms with van der Waals surface area (Å²) in [6.45, 7) is 4.86. The van der Waals surface area contributed by atoms with Crippen molar-refractivity contribution in [2.75, 3.05) is 19.8 Å². The second kappa shape index (κ2) is 6.88. The highest BCUT2D eigenvalue weighted by Crippen LogP contribution is 2.24. The smallest absolute Gasteiger partial charge is 0.0721 e. The second-order valence-corrected chi connectivity index (χ2v) is 4.96. The predicted molar refractivity (Wildman–Crippen MR) is 72.3 cm³/mol. The van der Waals surface area contributed by atoms with Gasteiger partial charge in [-0.25, -0.2) is 0 Å². The molecule has 1 aromatic rings. The van der Waals surface area contributed by atoms with E-state index in [0.717, 1.165) is 32.6 Å². The summed E-state index contributed by atoms with van der Waals surface area (Å²) in [5.74, 6) is 0.545. The quantitative estimate of drug-likeness (QED) is 0.812. The van der Waals surface area contributed by atoms with Crippen LogP contribution in [0.1, 0.15) is 36.9 Å². The molecule has 1 heterocycles. The Balaban J connectivity index is 1.94. The van der Waals surface area contributed by atoms with Gasteiger partial charge in [-0.3, -0.25) is 0 Å². The first-order valence-electron chi connectivity index (χ1n) is 6.85. The Morgan fingerprint density at radius 2 is 2.28 bits per heavy atom. The highest BCUT2D eigenvalue weighted by molar-refractivity contribution is 5.31. The van der Waals surface area contributed by atoms with E-state index in [4.69, 9.17) is 9.84 Å². The first-order valence-corrected chi connectivity index (χ1v) is 6.85. The average Bonchev–Trinajstić information content (AvgIpc) is 2.43. The van der Waals surface area contributed by atoms with Gasteiger partial charge in [-0.1, -0.05) is 37.6 Å². The van der Waals surface area contributed by atoms with Crippen molar-refractivity contribution in [1.29, 1.82) is 0 Å². The van der Waals surface area contributed by atoms with Crippen molar-refractivity contribution in [3.05, 3.63) is 35.4 Å².